The van der Waals surface area contributed by atoms with Crippen molar-refractivity contribution >= 4 is 23.2 Å². The van der Waals surface area contributed by atoms with Crippen molar-refractivity contribution < 1.29 is 22.8 Å². The fourth-order valence-electron chi connectivity index (χ4n) is 3.08. The molecule has 0 spiro atoms. The average Bonchev–Trinajstić information content (AvgIpc) is 2.89. The number of nitrogens with zero attached hydrogens (tertiary/aromatic N) is 2. The highest BCUT2D eigenvalue weighted by atomic mass is 19.3. The molecule has 28 heavy (non-hydrogen) atoms. The zero-order valence-electron chi connectivity index (χ0n) is 16.1. The van der Waals surface area contributed by atoms with E-state index in [2.05, 4.69) is 10.3 Å². The van der Waals surface area contributed by atoms with Gasteiger partial charge in [-0.1, -0.05) is 6.07 Å². The summed E-state index contributed by atoms with van der Waals surface area (Å²) in [6.45, 7) is 2.44. The minimum atomic E-state index is -3.23. The molecule has 2 atom stereocenters. The van der Waals surface area contributed by atoms with Crippen LogP contribution in [0.5, 0.6) is 0 Å². The van der Waals surface area contributed by atoms with Crippen LogP contribution in [0.25, 0.3) is 0 Å². The van der Waals surface area contributed by atoms with E-state index >= 15 is 0 Å². The van der Waals surface area contributed by atoms with Crippen molar-refractivity contribution in [1.82, 2.24) is 4.90 Å². The van der Waals surface area contributed by atoms with E-state index in [1.807, 2.05) is 0 Å². The Morgan fingerprint density at radius 2 is 2.07 bits per heavy atom. The van der Waals surface area contributed by atoms with E-state index in [1.165, 1.54) is 31.1 Å². The van der Waals surface area contributed by atoms with Gasteiger partial charge in [0.15, 0.2) is 0 Å². The maximum absolute atomic E-state index is 14.0. The van der Waals surface area contributed by atoms with Gasteiger partial charge in [-0.15, -0.1) is 0 Å². The zero-order chi connectivity index (χ0) is 21.2. The molecule has 6 nitrogen and oxygen atoms in total. The van der Waals surface area contributed by atoms with Crippen LogP contribution < -0.4 is 11.1 Å². The lowest BCUT2D eigenvalue weighted by Gasteiger charge is -2.19. The van der Waals surface area contributed by atoms with Crippen LogP contribution in [0.1, 0.15) is 12.5 Å². The Hall–Kier alpha value is -2.84. The number of carbonyl (C=O) groups excluding carboxylic acids is 2. The molecule has 0 aromatic heterocycles. The van der Waals surface area contributed by atoms with Gasteiger partial charge in [-0.25, -0.2) is 4.39 Å². The minimum absolute atomic E-state index is 0.0654. The molecule has 1 fully saturated rings. The molecular weight excluding hydrogens is 373 g/mol. The first-order valence-corrected chi connectivity index (χ1v) is 8.59. The number of nitrogens with one attached hydrogen (secondary N) is 1. The third kappa shape index (κ3) is 4.52. The van der Waals surface area contributed by atoms with Crippen LogP contribution in [0.3, 0.4) is 0 Å². The van der Waals surface area contributed by atoms with E-state index in [0.717, 1.165) is 6.08 Å². The van der Waals surface area contributed by atoms with Crippen molar-refractivity contribution in [2.45, 2.75) is 19.8 Å². The lowest BCUT2D eigenvalue weighted by atomic mass is 9.90. The largest absolute Gasteiger partial charge is 0.402 e. The Labute approximate surface area is 161 Å². The number of carbonyl (C=O) groups is 2. The molecular formula is C19H23F3N4O2. The van der Waals surface area contributed by atoms with Crippen molar-refractivity contribution in [1.29, 1.82) is 0 Å². The fraction of sp³-hybridized carbons (Fsp3) is 0.421. The van der Waals surface area contributed by atoms with Crippen molar-refractivity contribution in [3.05, 3.63) is 41.4 Å². The summed E-state index contributed by atoms with van der Waals surface area (Å²) in [5, 5.41) is 2.39. The van der Waals surface area contributed by atoms with Gasteiger partial charge in [0, 0.05) is 39.2 Å². The smallest absolute Gasteiger partial charge is 0.286 e. The standard InChI is InChI=1S/C19H23F3N4O2/c1-10-5-6-14(12(20)7-10)25-17(27)16-11(9-26(4)18(16)28)13(23)8-15(24-3)19(2,21)22/h5-8,11,16H,9,23H2,1-4H3,(H,25,27)/b13-8-,24-15?/t11-,16+/m1/s1. The van der Waals surface area contributed by atoms with E-state index in [0.29, 0.717) is 12.5 Å². The summed E-state index contributed by atoms with van der Waals surface area (Å²) in [5.41, 5.74) is 5.93. The molecule has 1 heterocycles. The number of rotatable bonds is 5. The number of alkyl halides is 2. The monoisotopic (exact) mass is 396 g/mol. The average molecular weight is 396 g/mol. The van der Waals surface area contributed by atoms with Gasteiger partial charge in [0.25, 0.3) is 5.92 Å². The fourth-order valence-corrected chi connectivity index (χ4v) is 3.08. The van der Waals surface area contributed by atoms with Gasteiger partial charge >= 0.3 is 0 Å². The topological polar surface area (TPSA) is 87.8 Å². The lowest BCUT2D eigenvalue weighted by Crippen LogP contribution is -2.35. The number of aliphatic imine (C=N–C) groups is 1. The number of anilines is 1. The summed E-state index contributed by atoms with van der Waals surface area (Å²) in [5.74, 6) is -7.24. The lowest BCUT2D eigenvalue weighted by molar-refractivity contribution is -0.135. The van der Waals surface area contributed by atoms with Crippen molar-refractivity contribution in [3.8, 4) is 0 Å². The molecule has 9 heteroatoms. The predicted molar refractivity (Wildman–Crippen MR) is 101 cm³/mol. The minimum Gasteiger partial charge on any atom is -0.402 e. The molecule has 0 aliphatic carbocycles. The maximum Gasteiger partial charge on any atom is 0.286 e. The molecule has 1 aliphatic rings. The van der Waals surface area contributed by atoms with Gasteiger partial charge in [-0.05, 0) is 30.7 Å². The van der Waals surface area contributed by atoms with Crippen LogP contribution in [0, 0.1) is 24.6 Å². The molecule has 1 aromatic rings. The van der Waals surface area contributed by atoms with Crippen molar-refractivity contribution in [2.75, 3.05) is 26.0 Å². The van der Waals surface area contributed by atoms with Crippen molar-refractivity contribution in [3.63, 3.8) is 0 Å². The van der Waals surface area contributed by atoms with Gasteiger partial charge in [0.05, 0.1) is 5.69 Å². The van der Waals surface area contributed by atoms with Gasteiger partial charge < -0.3 is 16.0 Å². The molecule has 0 unspecified atom stereocenters. The first kappa shape index (κ1) is 21.5. The summed E-state index contributed by atoms with van der Waals surface area (Å²) in [6, 6.07) is 4.25. The number of halogens is 3. The van der Waals surface area contributed by atoms with Crippen molar-refractivity contribution in [2.24, 2.45) is 22.6 Å². The highest BCUT2D eigenvalue weighted by Gasteiger charge is 2.45. The summed E-state index contributed by atoms with van der Waals surface area (Å²) in [6.07, 6.45) is 0.990. The first-order chi connectivity index (χ1) is 13.0. The number of nitrogens with two attached hydrogens (primary N) is 1. The van der Waals surface area contributed by atoms with Gasteiger partial charge in [-0.2, -0.15) is 8.78 Å². The number of amides is 2. The van der Waals surface area contributed by atoms with Crippen LogP contribution in [-0.4, -0.2) is 49.0 Å². The highest BCUT2D eigenvalue weighted by molar-refractivity contribution is 6.08. The Morgan fingerprint density at radius 3 is 2.61 bits per heavy atom. The Bertz CT molecular complexity index is 846. The van der Waals surface area contributed by atoms with Crippen LogP contribution in [0.15, 0.2) is 35.0 Å². The second kappa shape index (κ2) is 8.04. The van der Waals surface area contributed by atoms with Gasteiger partial charge in [0.1, 0.15) is 17.4 Å². The molecule has 0 saturated carbocycles. The number of hydrogen-bond donors (Lipinski definition) is 2. The third-order valence-electron chi connectivity index (χ3n) is 4.60. The summed E-state index contributed by atoms with van der Waals surface area (Å²) >= 11 is 0. The van der Waals surface area contributed by atoms with Crippen LogP contribution in [0.4, 0.5) is 18.9 Å². The number of hydrogen-bond acceptors (Lipinski definition) is 4. The molecule has 1 saturated heterocycles. The predicted octanol–water partition coefficient (Wildman–Crippen LogP) is 2.35. The number of likely N-dealkylation sites (tertiary alicyclic amines) is 1. The second-order valence-corrected chi connectivity index (χ2v) is 6.92. The molecule has 1 aromatic carbocycles. The number of aryl methyl sites for hydroxylation is 1. The number of allylic oxidation sites excluding steroid dienone is 1. The Balaban J connectivity index is 2.32. The van der Waals surface area contributed by atoms with Crippen LogP contribution >= 0.6 is 0 Å². The molecule has 2 amide bonds. The van der Waals surface area contributed by atoms with Gasteiger partial charge in [-0.3, -0.25) is 14.6 Å². The molecule has 0 radical (unpaired) electrons. The first-order valence-electron chi connectivity index (χ1n) is 8.59. The number of benzene rings is 1. The molecule has 1 aliphatic heterocycles. The van der Waals surface area contributed by atoms with Gasteiger partial charge in [0.2, 0.25) is 11.8 Å². The van der Waals surface area contributed by atoms with E-state index < -0.39 is 41.1 Å². The molecule has 2 rings (SSSR count). The molecule has 152 valence electrons. The van der Waals surface area contributed by atoms with E-state index in [1.54, 1.807) is 13.0 Å². The quantitative estimate of drug-likeness (QED) is 0.592. The highest BCUT2D eigenvalue weighted by Crippen LogP contribution is 2.30. The molecule has 0 bridgehead atoms. The van der Waals surface area contributed by atoms with Crippen LogP contribution in [-0.2, 0) is 9.59 Å². The SMILES string of the molecule is CN=C(/C=C(\N)[C@H]1CN(C)C(=O)[C@@H]1C(=O)Nc1ccc(C)cc1F)C(C)(F)F. The summed E-state index contributed by atoms with van der Waals surface area (Å²) in [4.78, 5) is 30.0. The second-order valence-electron chi connectivity index (χ2n) is 6.92. The third-order valence-corrected chi connectivity index (χ3v) is 4.60. The Morgan fingerprint density at radius 1 is 1.43 bits per heavy atom. The van der Waals surface area contributed by atoms with E-state index in [-0.39, 0.29) is 17.9 Å². The van der Waals surface area contributed by atoms with E-state index in [9.17, 15) is 22.8 Å². The normalized spacial score (nSPS) is 21.2. The van der Waals surface area contributed by atoms with E-state index in [4.69, 9.17) is 5.73 Å². The Kier molecular flexibility index (Phi) is 6.16. The zero-order valence-corrected chi connectivity index (χ0v) is 16.1. The molecule has 3 N–H and O–H groups in total. The summed E-state index contributed by atoms with van der Waals surface area (Å²) < 4.78 is 41.2. The van der Waals surface area contributed by atoms with Crippen LogP contribution in [0.2, 0.25) is 0 Å². The summed E-state index contributed by atoms with van der Waals surface area (Å²) in [7, 11) is 2.68. The maximum atomic E-state index is 14.0.